The Labute approximate surface area is 173 Å². The van der Waals surface area contributed by atoms with Crippen LogP contribution in [0.1, 0.15) is 37.5 Å². The van der Waals surface area contributed by atoms with Gasteiger partial charge in [-0.3, -0.25) is 9.56 Å². The van der Waals surface area contributed by atoms with Gasteiger partial charge < -0.3 is 10.6 Å². The number of hydrogen-bond donors (Lipinski definition) is 2. The average Bonchev–Trinajstić information content (AvgIpc) is 3.29. The number of pyridine rings is 1. The number of aromatic nitrogens is 3. The van der Waals surface area contributed by atoms with Gasteiger partial charge in [-0.1, -0.05) is 45.0 Å². The molecular weight excluding hydrogens is 360 g/mol. The number of benzene rings is 1. The van der Waals surface area contributed by atoms with E-state index in [2.05, 4.69) is 70.6 Å². The lowest BCUT2D eigenvalue weighted by Gasteiger charge is -2.27. The van der Waals surface area contributed by atoms with E-state index in [9.17, 15) is 0 Å². The zero-order chi connectivity index (χ0) is 20.7. The van der Waals surface area contributed by atoms with Gasteiger partial charge in [-0.15, -0.1) is 0 Å². The van der Waals surface area contributed by atoms with E-state index in [4.69, 9.17) is 0 Å². The highest BCUT2D eigenvalue weighted by molar-refractivity contribution is 5.79. The first-order chi connectivity index (χ1) is 14.0. The van der Waals surface area contributed by atoms with E-state index in [0.29, 0.717) is 6.54 Å². The van der Waals surface area contributed by atoms with Gasteiger partial charge in [0.1, 0.15) is 12.1 Å². The second kappa shape index (κ2) is 9.37. The molecule has 0 amide bonds. The summed E-state index contributed by atoms with van der Waals surface area (Å²) in [6, 6.07) is 12.9. The Kier molecular flexibility index (Phi) is 6.65. The monoisotopic (exact) mass is 390 g/mol. The molecule has 2 aromatic heterocycles. The Balaban J connectivity index is 1.57. The van der Waals surface area contributed by atoms with E-state index in [0.717, 1.165) is 30.3 Å². The lowest BCUT2D eigenvalue weighted by molar-refractivity contribution is 0.508. The predicted molar refractivity (Wildman–Crippen MR) is 118 cm³/mol. The summed E-state index contributed by atoms with van der Waals surface area (Å²) in [5.41, 5.74) is 3.80. The predicted octanol–water partition coefficient (Wildman–Crippen LogP) is 3.47. The molecule has 6 nitrogen and oxygen atoms in total. The molecule has 2 heterocycles. The van der Waals surface area contributed by atoms with Gasteiger partial charge in [0.15, 0.2) is 5.96 Å². The van der Waals surface area contributed by atoms with Crippen molar-refractivity contribution in [2.24, 2.45) is 4.99 Å². The Morgan fingerprint density at radius 1 is 1.07 bits per heavy atom. The minimum absolute atomic E-state index is 0.00481. The van der Waals surface area contributed by atoms with E-state index < -0.39 is 0 Å². The van der Waals surface area contributed by atoms with Crippen molar-refractivity contribution in [1.29, 1.82) is 0 Å². The average molecular weight is 391 g/mol. The second-order valence-electron chi connectivity index (χ2n) is 7.71. The summed E-state index contributed by atoms with van der Waals surface area (Å²) >= 11 is 0. The quantitative estimate of drug-likeness (QED) is 0.479. The smallest absolute Gasteiger partial charge is 0.191 e. The van der Waals surface area contributed by atoms with Gasteiger partial charge in [-0.05, 0) is 35.2 Å². The molecule has 0 atom stereocenters. The molecular formula is C23H30N6. The summed E-state index contributed by atoms with van der Waals surface area (Å²) in [5, 5.41) is 6.84. The van der Waals surface area contributed by atoms with E-state index in [-0.39, 0.29) is 5.41 Å². The molecule has 0 fully saturated rings. The van der Waals surface area contributed by atoms with Crippen LogP contribution in [0.15, 0.2) is 66.3 Å². The van der Waals surface area contributed by atoms with Crippen molar-refractivity contribution < 1.29 is 0 Å². The molecule has 0 bridgehead atoms. The van der Waals surface area contributed by atoms with Gasteiger partial charge in [0.2, 0.25) is 0 Å². The molecule has 0 saturated heterocycles. The molecule has 0 spiro atoms. The third kappa shape index (κ3) is 5.44. The molecule has 0 saturated carbocycles. The van der Waals surface area contributed by atoms with Crippen LogP contribution in [0.25, 0.3) is 5.82 Å². The van der Waals surface area contributed by atoms with Crippen LogP contribution in [0.4, 0.5) is 0 Å². The second-order valence-corrected chi connectivity index (χ2v) is 7.71. The maximum atomic E-state index is 4.39. The first kappa shape index (κ1) is 20.6. The number of hydrogen-bond acceptors (Lipinski definition) is 3. The largest absolute Gasteiger partial charge is 0.356 e. The first-order valence-electron chi connectivity index (χ1n) is 9.99. The maximum absolute atomic E-state index is 4.39. The number of aliphatic imine (C=N–C) groups is 1. The van der Waals surface area contributed by atoms with Crippen molar-refractivity contribution in [3.05, 3.63) is 78.0 Å². The molecule has 0 unspecified atom stereocenters. The summed E-state index contributed by atoms with van der Waals surface area (Å²) in [6.45, 7) is 8.12. The van der Waals surface area contributed by atoms with Gasteiger partial charge in [0.25, 0.3) is 0 Å². The lowest BCUT2D eigenvalue weighted by Crippen LogP contribution is -2.43. The molecule has 3 rings (SSSR count). The number of guanidine groups is 1. The number of imidazole rings is 1. The number of nitrogens with zero attached hydrogens (tertiary/aromatic N) is 4. The third-order valence-electron chi connectivity index (χ3n) is 5.10. The normalized spacial score (nSPS) is 12.1. The molecule has 3 aromatic rings. The number of aryl methyl sites for hydroxylation is 1. The fraction of sp³-hybridized carbons (Fsp3) is 0.348. The number of nitrogens with one attached hydrogen (secondary N) is 2. The van der Waals surface area contributed by atoms with Crippen LogP contribution in [0.5, 0.6) is 0 Å². The topological polar surface area (TPSA) is 67.1 Å². The van der Waals surface area contributed by atoms with Crippen LogP contribution >= 0.6 is 0 Å². The van der Waals surface area contributed by atoms with Crippen molar-refractivity contribution in [2.45, 2.75) is 39.2 Å². The van der Waals surface area contributed by atoms with Gasteiger partial charge in [0, 0.05) is 44.1 Å². The molecule has 6 heteroatoms. The van der Waals surface area contributed by atoms with E-state index in [1.54, 1.807) is 19.6 Å². The highest BCUT2D eigenvalue weighted by Gasteiger charge is 2.20. The van der Waals surface area contributed by atoms with Gasteiger partial charge in [-0.25, -0.2) is 9.97 Å². The Morgan fingerprint density at radius 3 is 2.52 bits per heavy atom. The molecule has 2 N–H and O–H groups in total. The summed E-state index contributed by atoms with van der Waals surface area (Å²) < 4.78 is 1.89. The minimum atomic E-state index is -0.00481. The molecule has 0 radical (unpaired) electrons. The van der Waals surface area contributed by atoms with Crippen LogP contribution in [0.3, 0.4) is 0 Å². The Bertz CT molecular complexity index is 926. The first-order valence-corrected chi connectivity index (χ1v) is 9.99. The fourth-order valence-corrected chi connectivity index (χ4v) is 3.11. The summed E-state index contributed by atoms with van der Waals surface area (Å²) in [5.74, 6) is 1.63. The van der Waals surface area contributed by atoms with Crippen LogP contribution in [-0.4, -0.2) is 34.1 Å². The zero-order valence-electron chi connectivity index (χ0n) is 17.7. The molecule has 0 aliphatic rings. The summed E-state index contributed by atoms with van der Waals surface area (Å²) in [6.07, 6.45) is 8.25. The Morgan fingerprint density at radius 2 is 1.86 bits per heavy atom. The van der Waals surface area contributed by atoms with Crippen molar-refractivity contribution in [1.82, 2.24) is 25.2 Å². The number of rotatable bonds is 7. The van der Waals surface area contributed by atoms with Crippen LogP contribution in [0, 0.1) is 0 Å². The van der Waals surface area contributed by atoms with Crippen molar-refractivity contribution in [3.63, 3.8) is 0 Å². The van der Waals surface area contributed by atoms with Gasteiger partial charge in [-0.2, -0.15) is 0 Å². The fourth-order valence-electron chi connectivity index (χ4n) is 3.11. The highest BCUT2D eigenvalue weighted by atomic mass is 15.2. The highest BCUT2D eigenvalue weighted by Crippen LogP contribution is 2.22. The Hall–Kier alpha value is -3.15. The van der Waals surface area contributed by atoms with E-state index in [1.807, 2.05) is 29.1 Å². The maximum Gasteiger partial charge on any atom is 0.191 e. The summed E-state index contributed by atoms with van der Waals surface area (Å²) in [7, 11) is 1.79. The van der Waals surface area contributed by atoms with Gasteiger partial charge >= 0.3 is 0 Å². The third-order valence-corrected chi connectivity index (χ3v) is 5.10. The molecule has 29 heavy (non-hydrogen) atoms. The minimum Gasteiger partial charge on any atom is -0.356 e. The van der Waals surface area contributed by atoms with Crippen molar-refractivity contribution in [2.75, 3.05) is 13.6 Å². The van der Waals surface area contributed by atoms with Crippen molar-refractivity contribution >= 4 is 5.96 Å². The van der Waals surface area contributed by atoms with Crippen LogP contribution in [0.2, 0.25) is 0 Å². The molecule has 1 aromatic carbocycles. The zero-order valence-corrected chi connectivity index (χ0v) is 17.7. The SMILES string of the molecule is CCc1ccc(C(C)(C)CNC(=NC)NCc2ccnc(-n3ccnc3)c2)cc1. The molecule has 152 valence electrons. The molecule has 0 aliphatic heterocycles. The van der Waals surface area contributed by atoms with E-state index in [1.165, 1.54) is 11.1 Å². The van der Waals surface area contributed by atoms with Gasteiger partial charge in [0.05, 0.1) is 0 Å². The summed E-state index contributed by atoms with van der Waals surface area (Å²) in [4.78, 5) is 12.8. The molecule has 0 aliphatic carbocycles. The van der Waals surface area contributed by atoms with Crippen LogP contribution in [-0.2, 0) is 18.4 Å². The lowest BCUT2D eigenvalue weighted by atomic mass is 9.84. The standard InChI is InChI=1S/C23H30N6/c1-5-18-6-8-20(9-7-18)23(2,3)16-28-22(24-4)27-15-19-10-11-26-21(14-19)29-13-12-25-17-29/h6-14,17H,5,15-16H2,1-4H3,(H2,24,27,28). The van der Waals surface area contributed by atoms with E-state index >= 15 is 0 Å². The van der Waals surface area contributed by atoms with Crippen LogP contribution < -0.4 is 10.6 Å². The van der Waals surface area contributed by atoms with Crippen molar-refractivity contribution in [3.8, 4) is 5.82 Å².